The monoisotopic (exact) mass is 359 g/mol. The summed E-state index contributed by atoms with van der Waals surface area (Å²) in [4.78, 5) is 23.7. The van der Waals surface area contributed by atoms with E-state index in [1.165, 1.54) is 37.6 Å². The zero-order valence-electron chi connectivity index (χ0n) is 13.9. The third kappa shape index (κ3) is 4.06. The molecule has 6 nitrogen and oxygen atoms in total. The fourth-order valence-corrected chi connectivity index (χ4v) is 3.22. The maximum Gasteiger partial charge on any atom is 0.243 e. The van der Waals surface area contributed by atoms with Crippen LogP contribution in [-0.2, 0) is 24.2 Å². The molecule has 2 aromatic rings. The maximum absolute atomic E-state index is 12.0. The molecule has 1 radical (unpaired) electrons. The molecule has 0 saturated heterocycles. The molecule has 0 bridgehead atoms. The minimum atomic E-state index is -3.76. The van der Waals surface area contributed by atoms with E-state index < -0.39 is 20.5 Å². The van der Waals surface area contributed by atoms with Crippen LogP contribution in [0.15, 0.2) is 54.6 Å². The Morgan fingerprint density at radius 2 is 1.60 bits per heavy atom. The van der Waals surface area contributed by atoms with Gasteiger partial charge in [-0.05, 0) is 30.2 Å². The molecule has 25 heavy (non-hydrogen) atoms. The minimum Gasteiger partial charge on any atom is -0.368 e. The second-order valence-electron chi connectivity index (χ2n) is 5.79. The van der Waals surface area contributed by atoms with Gasteiger partial charge < -0.3 is 11.1 Å². The molecule has 2 rings (SSSR count). The predicted molar refractivity (Wildman–Crippen MR) is 96.3 cm³/mol. The van der Waals surface area contributed by atoms with Crippen molar-refractivity contribution in [1.29, 1.82) is 0 Å². The molecule has 0 spiro atoms. The molecule has 0 heterocycles. The van der Waals surface area contributed by atoms with Gasteiger partial charge in [-0.1, -0.05) is 42.5 Å². The van der Waals surface area contributed by atoms with E-state index in [1.807, 2.05) is 18.2 Å². The molecule has 0 aliphatic carbocycles. The van der Waals surface area contributed by atoms with Gasteiger partial charge in [0, 0.05) is 11.9 Å². The number of hydrogen-bond donors (Lipinski definition) is 2. The van der Waals surface area contributed by atoms with E-state index in [1.54, 1.807) is 12.1 Å². The third-order valence-electron chi connectivity index (χ3n) is 4.01. The lowest BCUT2D eigenvalue weighted by atomic mass is 9.99. The van der Waals surface area contributed by atoms with Gasteiger partial charge in [-0.25, -0.2) is 8.42 Å². The van der Waals surface area contributed by atoms with E-state index in [-0.39, 0.29) is 11.5 Å². The Balaban J connectivity index is 2.17. The first-order valence-corrected chi connectivity index (χ1v) is 9.34. The number of anilines is 1. The van der Waals surface area contributed by atoms with Crippen molar-refractivity contribution >= 4 is 27.3 Å². The molecule has 0 aromatic heterocycles. The average Bonchev–Trinajstić information content (AvgIpc) is 2.54. The van der Waals surface area contributed by atoms with Crippen LogP contribution >= 0.6 is 0 Å². The Labute approximate surface area is 147 Å². The van der Waals surface area contributed by atoms with Crippen molar-refractivity contribution in [3.63, 3.8) is 0 Å². The van der Waals surface area contributed by atoms with Gasteiger partial charge in [0.15, 0.2) is 14.6 Å². The number of hydrogen-bond acceptors (Lipinski definition) is 4. The van der Waals surface area contributed by atoms with Crippen molar-refractivity contribution in [1.82, 2.24) is 0 Å². The summed E-state index contributed by atoms with van der Waals surface area (Å²) < 4.78 is 22.1. The van der Waals surface area contributed by atoms with E-state index in [0.717, 1.165) is 11.8 Å². The van der Waals surface area contributed by atoms with Crippen LogP contribution in [-0.4, -0.2) is 26.5 Å². The lowest BCUT2D eigenvalue weighted by Crippen LogP contribution is -2.44. The number of primary amides is 1. The number of sulfone groups is 1. The molecule has 0 aliphatic rings. The normalized spacial score (nSPS) is 13.7. The quantitative estimate of drug-likeness (QED) is 0.817. The van der Waals surface area contributed by atoms with Crippen molar-refractivity contribution in [3.05, 3.63) is 72.1 Å². The molecule has 1 atom stereocenters. The highest BCUT2D eigenvalue weighted by atomic mass is 32.2. The van der Waals surface area contributed by atoms with E-state index in [2.05, 4.69) is 5.32 Å². The highest BCUT2D eigenvalue weighted by molar-refractivity contribution is 7.92. The largest absolute Gasteiger partial charge is 0.368 e. The van der Waals surface area contributed by atoms with Crippen molar-refractivity contribution in [2.24, 2.45) is 5.73 Å². The lowest BCUT2D eigenvalue weighted by molar-refractivity contribution is -0.120. The van der Waals surface area contributed by atoms with Crippen molar-refractivity contribution < 1.29 is 18.0 Å². The van der Waals surface area contributed by atoms with E-state index >= 15 is 0 Å². The van der Waals surface area contributed by atoms with Crippen molar-refractivity contribution in [3.8, 4) is 0 Å². The van der Waals surface area contributed by atoms with Crippen LogP contribution in [0.3, 0.4) is 0 Å². The first-order valence-electron chi connectivity index (χ1n) is 7.45. The topological polar surface area (TPSA) is 106 Å². The summed E-state index contributed by atoms with van der Waals surface area (Å²) in [6.07, 6.45) is 2.40. The Bertz CT molecular complexity index is 877. The average molecular weight is 359 g/mol. The molecule has 7 heteroatoms. The highest BCUT2D eigenvalue weighted by Gasteiger charge is 2.43. The zero-order valence-corrected chi connectivity index (χ0v) is 14.7. The van der Waals surface area contributed by atoms with Crippen LogP contribution in [0.4, 0.5) is 5.69 Å². The minimum absolute atomic E-state index is 0.243. The first-order chi connectivity index (χ1) is 11.6. The van der Waals surface area contributed by atoms with E-state index in [9.17, 15) is 18.0 Å². The molecule has 0 fully saturated rings. The summed E-state index contributed by atoms with van der Waals surface area (Å²) in [6.45, 7) is 1.27. The van der Waals surface area contributed by atoms with Gasteiger partial charge in [0.05, 0.1) is 6.42 Å². The molecule has 2 amide bonds. The van der Waals surface area contributed by atoms with Gasteiger partial charge in [-0.3, -0.25) is 9.59 Å². The summed E-state index contributed by atoms with van der Waals surface area (Å²) in [6, 6.07) is 15.1. The Kier molecular flexibility index (Phi) is 5.27. The third-order valence-corrected chi connectivity index (χ3v) is 5.93. The van der Waals surface area contributed by atoms with E-state index in [0.29, 0.717) is 5.69 Å². The molecule has 1 unspecified atom stereocenters. The van der Waals surface area contributed by atoms with Gasteiger partial charge >= 0.3 is 0 Å². The maximum atomic E-state index is 12.0. The van der Waals surface area contributed by atoms with Crippen LogP contribution < -0.4 is 11.1 Å². The molecule has 3 N–H and O–H groups in total. The van der Waals surface area contributed by atoms with E-state index in [4.69, 9.17) is 5.73 Å². The second-order valence-corrected chi connectivity index (χ2v) is 8.15. The van der Waals surface area contributed by atoms with Crippen LogP contribution in [0.2, 0.25) is 0 Å². The summed E-state index contributed by atoms with van der Waals surface area (Å²) in [5.74, 6) is -1.27. The molecule has 0 aliphatic heterocycles. The van der Waals surface area contributed by atoms with Gasteiger partial charge in [-0.2, -0.15) is 0 Å². The SMILES string of the molecule is CC(C(N)=O)(c1ccc(NC(=O)[CH]c2ccccc2)cc1)S(C)(=O)=O. The molecular weight excluding hydrogens is 340 g/mol. The number of benzene rings is 2. The summed E-state index contributed by atoms with van der Waals surface area (Å²) in [5, 5.41) is 2.68. The smallest absolute Gasteiger partial charge is 0.243 e. The molecule has 0 saturated carbocycles. The molecular formula is C18H19N2O4S. The summed E-state index contributed by atoms with van der Waals surface area (Å²) in [5.41, 5.74) is 6.78. The summed E-state index contributed by atoms with van der Waals surface area (Å²) in [7, 11) is -3.76. The Morgan fingerprint density at radius 1 is 1.04 bits per heavy atom. The zero-order chi connectivity index (χ0) is 18.7. The lowest BCUT2D eigenvalue weighted by Gasteiger charge is -2.24. The first kappa shape index (κ1) is 18.7. The number of carbonyl (C=O) groups is 2. The van der Waals surface area contributed by atoms with Crippen LogP contribution in [0, 0.1) is 6.42 Å². The van der Waals surface area contributed by atoms with Gasteiger partial charge in [0.1, 0.15) is 0 Å². The number of nitrogens with two attached hydrogens (primary N) is 1. The standard InChI is InChI=1S/C18H19N2O4S/c1-18(17(19)22,25(2,23)24)14-8-10-15(11-9-14)20-16(21)12-13-6-4-3-5-7-13/h3-12H,1-2H3,(H2,19,22)(H,20,21). The van der Waals surface area contributed by atoms with Crippen molar-refractivity contribution in [2.75, 3.05) is 11.6 Å². The number of rotatable bonds is 6. The predicted octanol–water partition coefficient (Wildman–Crippen LogP) is 1.62. The fourth-order valence-electron chi connectivity index (χ4n) is 2.29. The molecule has 2 aromatic carbocycles. The Hall–Kier alpha value is -2.67. The molecule has 131 valence electrons. The van der Waals surface area contributed by atoms with Gasteiger partial charge in [0.2, 0.25) is 11.8 Å². The van der Waals surface area contributed by atoms with Crippen LogP contribution in [0.5, 0.6) is 0 Å². The number of amides is 2. The van der Waals surface area contributed by atoms with Crippen molar-refractivity contribution in [2.45, 2.75) is 11.7 Å². The Morgan fingerprint density at radius 3 is 2.08 bits per heavy atom. The van der Waals surface area contributed by atoms with Gasteiger partial charge in [-0.15, -0.1) is 0 Å². The number of nitrogens with one attached hydrogen (secondary N) is 1. The fraction of sp³-hybridized carbons (Fsp3) is 0.167. The number of carbonyl (C=O) groups excluding carboxylic acids is 2. The van der Waals surface area contributed by atoms with Crippen LogP contribution in [0.1, 0.15) is 18.1 Å². The highest BCUT2D eigenvalue weighted by Crippen LogP contribution is 2.30. The second kappa shape index (κ2) is 7.06. The van der Waals surface area contributed by atoms with Gasteiger partial charge in [0.25, 0.3) is 0 Å². The summed E-state index contributed by atoms with van der Waals surface area (Å²) >= 11 is 0. The van der Waals surface area contributed by atoms with Crippen LogP contribution in [0.25, 0.3) is 0 Å².